The van der Waals surface area contributed by atoms with Crippen molar-refractivity contribution in [3.8, 4) is 28.7 Å². The Morgan fingerprint density at radius 3 is 2.66 bits per heavy atom. The number of H-pyrrole nitrogens is 1. The van der Waals surface area contributed by atoms with Gasteiger partial charge in [0.15, 0.2) is 11.5 Å². The number of pyridine rings is 1. The van der Waals surface area contributed by atoms with E-state index in [1.807, 2.05) is 18.2 Å². The number of nitrogens with zero attached hydrogens (tertiary/aromatic N) is 3. The molecule has 7 heteroatoms. The predicted molar refractivity (Wildman–Crippen MR) is 111 cm³/mol. The number of benzene rings is 1. The van der Waals surface area contributed by atoms with Crippen LogP contribution in [0.25, 0.3) is 33.8 Å². The average Bonchev–Trinajstić information content (AvgIpc) is 3.45. The Bertz CT molecular complexity index is 1140. The molecule has 3 aromatic heterocycles. The SMILES string of the molecule is COc1cc(N2CCOCC2)cc2c(C)cc(-c3ccc(-c4ccn[nH]4)o3)nc12. The number of aryl methyl sites for hydroxylation is 1. The minimum Gasteiger partial charge on any atom is -0.494 e. The molecule has 4 heterocycles. The molecule has 0 bridgehead atoms. The third-order valence-electron chi connectivity index (χ3n) is 5.29. The molecule has 1 aromatic carbocycles. The molecule has 29 heavy (non-hydrogen) atoms. The Kier molecular flexibility index (Phi) is 4.44. The Balaban J connectivity index is 1.58. The van der Waals surface area contributed by atoms with E-state index in [0.29, 0.717) is 5.76 Å². The number of aromatic nitrogens is 3. The minimum atomic E-state index is 0.707. The van der Waals surface area contributed by atoms with Gasteiger partial charge in [-0.3, -0.25) is 5.10 Å². The Morgan fingerprint density at radius 1 is 1.07 bits per heavy atom. The third-order valence-corrected chi connectivity index (χ3v) is 5.29. The van der Waals surface area contributed by atoms with Crippen LogP contribution in [-0.2, 0) is 4.74 Å². The van der Waals surface area contributed by atoms with Crippen LogP contribution < -0.4 is 9.64 Å². The molecule has 1 aliphatic rings. The standard InChI is InChI=1S/C22H22N4O3/c1-14-11-18(20-4-3-19(29-20)17-5-6-23-25-17)24-22-16(14)12-15(13-21(22)27-2)26-7-9-28-10-8-26/h3-6,11-13H,7-10H2,1-2H3,(H,23,25). The van der Waals surface area contributed by atoms with Gasteiger partial charge in [0.25, 0.3) is 0 Å². The molecule has 148 valence electrons. The molecule has 4 aromatic rings. The summed E-state index contributed by atoms with van der Waals surface area (Å²) in [5, 5.41) is 7.97. The van der Waals surface area contributed by atoms with Gasteiger partial charge in [-0.1, -0.05) is 0 Å². The van der Waals surface area contributed by atoms with E-state index in [0.717, 1.165) is 71.4 Å². The summed E-state index contributed by atoms with van der Waals surface area (Å²) in [6, 6.07) is 12.0. The first kappa shape index (κ1) is 17.8. The van der Waals surface area contributed by atoms with Crippen molar-refractivity contribution in [3.05, 3.63) is 48.2 Å². The highest BCUT2D eigenvalue weighted by Crippen LogP contribution is 2.35. The summed E-state index contributed by atoms with van der Waals surface area (Å²) < 4.78 is 17.2. The molecule has 5 rings (SSSR count). The van der Waals surface area contributed by atoms with E-state index in [2.05, 4.69) is 40.2 Å². The fraction of sp³-hybridized carbons (Fsp3) is 0.273. The summed E-state index contributed by atoms with van der Waals surface area (Å²) in [5.74, 6) is 2.19. The van der Waals surface area contributed by atoms with Gasteiger partial charge >= 0.3 is 0 Å². The molecule has 0 radical (unpaired) electrons. The zero-order valence-corrected chi connectivity index (χ0v) is 16.4. The zero-order valence-electron chi connectivity index (χ0n) is 16.4. The molecule has 0 saturated carbocycles. The fourth-order valence-corrected chi connectivity index (χ4v) is 3.74. The Hall–Kier alpha value is -3.32. The molecule has 7 nitrogen and oxygen atoms in total. The maximum absolute atomic E-state index is 6.01. The lowest BCUT2D eigenvalue weighted by Crippen LogP contribution is -2.36. The van der Waals surface area contributed by atoms with E-state index in [4.69, 9.17) is 18.9 Å². The molecule has 0 spiro atoms. The molecule has 0 atom stereocenters. The summed E-state index contributed by atoms with van der Waals surface area (Å²) >= 11 is 0. The summed E-state index contributed by atoms with van der Waals surface area (Å²) in [7, 11) is 1.69. The van der Waals surface area contributed by atoms with E-state index >= 15 is 0 Å². The largest absolute Gasteiger partial charge is 0.494 e. The molecule has 0 aliphatic carbocycles. The van der Waals surface area contributed by atoms with Crippen LogP contribution in [0.3, 0.4) is 0 Å². The van der Waals surface area contributed by atoms with Crippen molar-refractivity contribution >= 4 is 16.6 Å². The topological polar surface area (TPSA) is 76.4 Å². The van der Waals surface area contributed by atoms with Crippen LogP contribution in [0.2, 0.25) is 0 Å². The van der Waals surface area contributed by atoms with E-state index in [1.165, 1.54) is 0 Å². The quantitative estimate of drug-likeness (QED) is 0.567. The molecule has 1 aliphatic heterocycles. The first-order valence-electron chi connectivity index (χ1n) is 9.65. The lowest BCUT2D eigenvalue weighted by atomic mass is 10.1. The molecular weight excluding hydrogens is 368 g/mol. The van der Waals surface area contributed by atoms with Crippen molar-refractivity contribution in [2.45, 2.75) is 6.92 Å². The molecule has 1 saturated heterocycles. The normalized spacial score (nSPS) is 14.5. The number of anilines is 1. The van der Waals surface area contributed by atoms with E-state index in [1.54, 1.807) is 13.3 Å². The van der Waals surface area contributed by atoms with Crippen LogP contribution in [0.5, 0.6) is 5.75 Å². The number of methoxy groups -OCH3 is 1. The summed E-state index contributed by atoms with van der Waals surface area (Å²) in [6.45, 7) is 5.33. The van der Waals surface area contributed by atoms with Crippen LogP contribution in [0, 0.1) is 6.92 Å². The van der Waals surface area contributed by atoms with Gasteiger partial charge in [0.05, 0.1) is 20.3 Å². The van der Waals surface area contributed by atoms with Crippen LogP contribution in [0.15, 0.2) is 47.0 Å². The highest BCUT2D eigenvalue weighted by molar-refractivity contribution is 5.92. The summed E-state index contributed by atoms with van der Waals surface area (Å²) in [6.07, 6.45) is 1.70. The minimum absolute atomic E-state index is 0.707. The van der Waals surface area contributed by atoms with E-state index in [9.17, 15) is 0 Å². The predicted octanol–water partition coefficient (Wildman–Crippen LogP) is 4.04. The maximum atomic E-state index is 6.01. The average molecular weight is 390 g/mol. The number of aromatic amines is 1. The van der Waals surface area contributed by atoms with Crippen molar-refractivity contribution in [1.82, 2.24) is 15.2 Å². The van der Waals surface area contributed by atoms with Gasteiger partial charge in [0.1, 0.15) is 22.7 Å². The van der Waals surface area contributed by atoms with Crippen molar-refractivity contribution in [1.29, 1.82) is 0 Å². The Labute approximate surface area is 168 Å². The first-order chi connectivity index (χ1) is 14.2. The number of nitrogens with one attached hydrogen (secondary N) is 1. The smallest absolute Gasteiger partial charge is 0.153 e. The highest BCUT2D eigenvalue weighted by atomic mass is 16.5. The lowest BCUT2D eigenvalue weighted by molar-refractivity contribution is 0.122. The monoisotopic (exact) mass is 390 g/mol. The number of fused-ring (bicyclic) bond motifs is 1. The van der Waals surface area contributed by atoms with Crippen LogP contribution in [0.4, 0.5) is 5.69 Å². The van der Waals surface area contributed by atoms with Crippen molar-refractivity contribution in [3.63, 3.8) is 0 Å². The van der Waals surface area contributed by atoms with Crippen molar-refractivity contribution < 1.29 is 13.9 Å². The molecule has 1 fully saturated rings. The van der Waals surface area contributed by atoms with E-state index in [-0.39, 0.29) is 0 Å². The second-order valence-corrected chi connectivity index (χ2v) is 7.10. The number of furan rings is 1. The molecule has 0 unspecified atom stereocenters. The fourth-order valence-electron chi connectivity index (χ4n) is 3.74. The highest BCUT2D eigenvalue weighted by Gasteiger charge is 2.17. The number of hydrogen-bond acceptors (Lipinski definition) is 6. The first-order valence-corrected chi connectivity index (χ1v) is 9.65. The molecule has 0 amide bonds. The number of morpholine rings is 1. The van der Waals surface area contributed by atoms with Crippen molar-refractivity contribution in [2.24, 2.45) is 0 Å². The van der Waals surface area contributed by atoms with Crippen LogP contribution in [-0.4, -0.2) is 48.6 Å². The second-order valence-electron chi connectivity index (χ2n) is 7.10. The Morgan fingerprint density at radius 2 is 1.90 bits per heavy atom. The zero-order chi connectivity index (χ0) is 19.8. The van der Waals surface area contributed by atoms with Gasteiger partial charge in [0, 0.05) is 36.4 Å². The molecular formula is C22H22N4O3. The van der Waals surface area contributed by atoms with Gasteiger partial charge in [-0.15, -0.1) is 0 Å². The summed E-state index contributed by atoms with van der Waals surface area (Å²) in [4.78, 5) is 7.19. The van der Waals surface area contributed by atoms with E-state index < -0.39 is 0 Å². The van der Waals surface area contributed by atoms with Gasteiger partial charge in [-0.05, 0) is 42.8 Å². The van der Waals surface area contributed by atoms with Crippen LogP contribution in [0.1, 0.15) is 5.56 Å². The van der Waals surface area contributed by atoms with Gasteiger partial charge in [-0.2, -0.15) is 5.10 Å². The second kappa shape index (κ2) is 7.25. The third kappa shape index (κ3) is 3.23. The molecule has 1 N–H and O–H groups in total. The van der Waals surface area contributed by atoms with Gasteiger partial charge in [-0.25, -0.2) is 4.98 Å². The summed E-state index contributed by atoms with van der Waals surface area (Å²) in [5.41, 5.74) is 4.70. The van der Waals surface area contributed by atoms with Crippen LogP contribution >= 0.6 is 0 Å². The number of ether oxygens (including phenoxy) is 2. The van der Waals surface area contributed by atoms with Gasteiger partial charge < -0.3 is 18.8 Å². The van der Waals surface area contributed by atoms with Gasteiger partial charge in [0.2, 0.25) is 0 Å². The van der Waals surface area contributed by atoms with Crippen molar-refractivity contribution in [2.75, 3.05) is 38.3 Å². The number of hydrogen-bond donors (Lipinski definition) is 1. The number of rotatable bonds is 4. The lowest BCUT2D eigenvalue weighted by Gasteiger charge is -2.29. The maximum Gasteiger partial charge on any atom is 0.153 e.